The van der Waals surface area contributed by atoms with Gasteiger partial charge in [-0.2, -0.15) is 10.2 Å². The molecule has 0 saturated heterocycles. The van der Waals surface area contributed by atoms with Gasteiger partial charge < -0.3 is 10.1 Å². The molecular formula is C20H17ClN6O2. The highest BCUT2D eigenvalue weighted by Gasteiger charge is 2.27. The van der Waals surface area contributed by atoms with Crippen LogP contribution in [0.25, 0.3) is 22.3 Å². The summed E-state index contributed by atoms with van der Waals surface area (Å²) in [5.41, 5.74) is 4.37. The third-order valence-electron chi connectivity index (χ3n) is 5.00. The Hall–Kier alpha value is -3.39. The van der Waals surface area contributed by atoms with E-state index in [2.05, 4.69) is 20.5 Å². The Morgan fingerprint density at radius 2 is 2.07 bits per heavy atom. The number of methoxy groups -OCH3 is 1. The molecule has 0 spiro atoms. The van der Waals surface area contributed by atoms with Crippen LogP contribution in [-0.2, 0) is 13.1 Å². The first-order valence-corrected chi connectivity index (χ1v) is 9.52. The molecule has 1 aliphatic heterocycles. The highest BCUT2D eigenvalue weighted by molar-refractivity contribution is 6.36. The van der Waals surface area contributed by atoms with E-state index in [4.69, 9.17) is 16.3 Å². The molecule has 4 heterocycles. The van der Waals surface area contributed by atoms with Gasteiger partial charge in [-0.25, -0.2) is 0 Å². The second-order valence-corrected chi connectivity index (χ2v) is 7.11. The van der Waals surface area contributed by atoms with Crippen LogP contribution in [0.4, 0.5) is 0 Å². The number of fused-ring (bicyclic) bond motifs is 2. The van der Waals surface area contributed by atoms with E-state index in [9.17, 15) is 4.79 Å². The maximum atomic E-state index is 12.2. The van der Waals surface area contributed by atoms with Crippen LogP contribution >= 0.6 is 11.6 Å². The fourth-order valence-electron chi connectivity index (χ4n) is 3.58. The summed E-state index contributed by atoms with van der Waals surface area (Å²) in [5, 5.41) is 12.3. The minimum atomic E-state index is -0.211. The summed E-state index contributed by atoms with van der Waals surface area (Å²) in [6, 6.07) is 9.68. The summed E-state index contributed by atoms with van der Waals surface area (Å²) < 4.78 is 8.75. The SMILES string of the molecule is COc1ccc(Cn2ncc3nccc(-c4nn5c(c4Cl)C(=O)NCC5)c32)cc1. The number of aromatic nitrogens is 5. The Morgan fingerprint density at radius 1 is 1.24 bits per heavy atom. The van der Waals surface area contributed by atoms with E-state index < -0.39 is 0 Å². The van der Waals surface area contributed by atoms with Crippen molar-refractivity contribution >= 4 is 28.5 Å². The summed E-state index contributed by atoms with van der Waals surface area (Å²) in [6.45, 7) is 1.67. The molecule has 1 N–H and O–H groups in total. The zero-order chi connectivity index (χ0) is 20.0. The molecule has 3 aromatic heterocycles. The first-order valence-electron chi connectivity index (χ1n) is 9.14. The lowest BCUT2D eigenvalue weighted by Gasteiger charge is -2.13. The van der Waals surface area contributed by atoms with E-state index in [0.717, 1.165) is 27.9 Å². The molecule has 0 saturated carbocycles. The summed E-state index contributed by atoms with van der Waals surface area (Å²) in [5.74, 6) is 0.590. The molecule has 29 heavy (non-hydrogen) atoms. The summed E-state index contributed by atoms with van der Waals surface area (Å²) >= 11 is 6.58. The number of halogens is 1. The van der Waals surface area contributed by atoms with Crippen LogP contribution in [0.1, 0.15) is 16.1 Å². The zero-order valence-corrected chi connectivity index (χ0v) is 16.3. The fourth-order valence-corrected chi connectivity index (χ4v) is 3.91. The van der Waals surface area contributed by atoms with E-state index in [1.165, 1.54) is 0 Å². The molecule has 0 aliphatic carbocycles. The number of hydrogen-bond acceptors (Lipinski definition) is 5. The smallest absolute Gasteiger partial charge is 0.271 e. The predicted octanol–water partition coefficient (Wildman–Crippen LogP) is 2.75. The number of pyridine rings is 1. The largest absolute Gasteiger partial charge is 0.497 e. The van der Waals surface area contributed by atoms with E-state index >= 15 is 0 Å². The fraction of sp³-hybridized carbons (Fsp3) is 0.200. The van der Waals surface area contributed by atoms with Gasteiger partial charge >= 0.3 is 0 Å². The lowest BCUT2D eigenvalue weighted by molar-refractivity contribution is 0.0924. The van der Waals surface area contributed by atoms with E-state index in [0.29, 0.717) is 36.0 Å². The molecule has 5 rings (SSSR count). The maximum Gasteiger partial charge on any atom is 0.271 e. The normalized spacial score (nSPS) is 13.4. The first kappa shape index (κ1) is 17.7. The van der Waals surface area contributed by atoms with Gasteiger partial charge in [-0.05, 0) is 23.8 Å². The number of benzene rings is 1. The van der Waals surface area contributed by atoms with Crippen molar-refractivity contribution in [2.24, 2.45) is 0 Å². The average molecular weight is 409 g/mol. The molecule has 0 atom stereocenters. The third-order valence-corrected chi connectivity index (χ3v) is 5.35. The molecular weight excluding hydrogens is 392 g/mol. The molecule has 146 valence electrons. The highest BCUT2D eigenvalue weighted by Crippen LogP contribution is 2.35. The molecule has 0 bridgehead atoms. The number of amides is 1. The number of ether oxygens (including phenoxy) is 1. The molecule has 0 unspecified atom stereocenters. The monoisotopic (exact) mass is 408 g/mol. The summed E-state index contributed by atoms with van der Waals surface area (Å²) in [7, 11) is 1.64. The number of hydrogen-bond donors (Lipinski definition) is 1. The van der Waals surface area contributed by atoms with E-state index in [1.807, 2.05) is 35.0 Å². The summed E-state index contributed by atoms with van der Waals surface area (Å²) in [6.07, 6.45) is 3.42. The second-order valence-electron chi connectivity index (χ2n) is 6.73. The third kappa shape index (κ3) is 2.92. The topological polar surface area (TPSA) is 86.9 Å². The number of nitrogens with one attached hydrogen (secondary N) is 1. The number of rotatable bonds is 4. The van der Waals surface area contributed by atoms with Crippen molar-refractivity contribution in [1.82, 2.24) is 29.9 Å². The molecule has 0 radical (unpaired) electrons. The predicted molar refractivity (Wildman–Crippen MR) is 108 cm³/mol. The maximum absolute atomic E-state index is 12.2. The van der Waals surface area contributed by atoms with Crippen LogP contribution in [0.15, 0.2) is 42.7 Å². The molecule has 8 nitrogen and oxygen atoms in total. The highest BCUT2D eigenvalue weighted by atomic mass is 35.5. The van der Waals surface area contributed by atoms with Gasteiger partial charge in [0.2, 0.25) is 0 Å². The van der Waals surface area contributed by atoms with Crippen LogP contribution < -0.4 is 10.1 Å². The van der Waals surface area contributed by atoms with Crippen molar-refractivity contribution in [3.63, 3.8) is 0 Å². The zero-order valence-electron chi connectivity index (χ0n) is 15.6. The van der Waals surface area contributed by atoms with Gasteiger partial charge in [-0.3, -0.25) is 19.1 Å². The number of nitrogens with zero attached hydrogens (tertiary/aromatic N) is 5. The minimum absolute atomic E-state index is 0.211. The Kier molecular flexibility index (Phi) is 4.21. The molecule has 9 heteroatoms. The number of carbonyl (C=O) groups is 1. The van der Waals surface area contributed by atoms with Crippen LogP contribution in [0.2, 0.25) is 5.02 Å². The van der Waals surface area contributed by atoms with Gasteiger partial charge in [0.15, 0.2) is 0 Å². The van der Waals surface area contributed by atoms with Gasteiger partial charge in [-0.15, -0.1) is 0 Å². The average Bonchev–Trinajstić information content (AvgIpc) is 3.30. The van der Waals surface area contributed by atoms with Crippen LogP contribution in [0, 0.1) is 0 Å². The summed E-state index contributed by atoms with van der Waals surface area (Å²) in [4.78, 5) is 16.7. The van der Waals surface area contributed by atoms with Gasteiger partial charge in [0.25, 0.3) is 5.91 Å². The van der Waals surface area contributed by atoms with Gasteiger partial charge in [0.05, 0.1) is 36.9 Å². The molecule has 4 aromatic rings. The second kappa shape index (κ2) is 6.89. The van der Waals surface area contributed by atoms with E-state index in [1.54, 1.807) is 24.2 Å². The lowest BCUT2D eigenvalue weighted by atomic mass is 10.1. The van der Waals surface area contributed by atoms with Crippen molar-refractivity contribution in [2.45, 2.75) is 13.1 Å². The van der Waals surface area contributed by atoms with Crippen molar-refractivity contribution in [3.8, 4) is 17.0 Å². The number of carbonyl (C=O) groups excluding carboxylic acids is 1. The molecule has 1 amide bonds. The molecule has 1 aliphatic rings. The Morgan fingerprint density at radius 3 is 2.83 bits per heavy atom. The van der Waals surface area contributed by atoms with Gasteiger partial charge in [0.1, 0.15) is 22.7 Å². The van der Waals surface area contributed by atoms with Gasteiger partial charge in [-0.1, -0.05) is 23.7 Å². The molecule has 1 aromatic carbocycles. The van der Waals surface area contributed by atoms with Crippen molar-refractivity contribution in [2.75, 3.05) is 13.7 Å². The minimum Gasteiger partial charge on any atom is -0.497 e. The Bertz CT molecular complexity index is 1230. The quantitative estimate of drug-likeness (QED) is 0.561. The van der Waals surface area contributed by atoms with Crippen LogP contribution in [0.5, 0.6) is 5.75 Å². The standard InChI is InChI=1S/C20H17ClN6O2/c1-29-13-4-2-12(3-5-13)11-27-18-14(6-7-22-15(18)10-24-27)17-16(21)19-20(28)23-8-9-26(19)25-17/h2-7,10H,8-9,11H2,1H3,(H,23,28). The van der Waals surface area contributed by atoms with Crippen LogP contribution in [-0.4, -0.2) is 44.1 Å². The van der Waals surface area contributed by atoms with Gasteiger partial charge in [0, 0.05) is 18.3 Å². The van der Waals surface area contributed by atoms with Crippen LogP contribution in [0.3, 0.4) is 0 Å². The van der Waals surface area contributed by atoms with E-state index in [-0.39, 0.29) is 5.91 Å². The Balaban J connectivity index is 1.62. The Labute approximate surface area is 171 Å². The van der Waals surface area contributed by atoms with Crippen molar-refractivity contribution < 1.29 is 9.53 Å². The van der Waals surface area contributed by atoms with Crippen molar-refractivity contribution in [3.05, 3.63) is 59.0 Å². The first-order chi connectivity index (χ1) is 14.2. The van der Waals surface area contributed by atoms with Crippen molar-refractivity contribution in [1.29, 1.82) is 0 Å². The molecule has 0 fully saturated rings. The lowest BCUT2D eigenvalue weighted by Crippen LogP contribution is -2.35.